The summed E-state index contributed by atoms with van der Waals surface area (Å²) >= 11 is 1.61. The maximum atomic E-state index is 6.03. The van der Waals surface area contributed by atoms with Crippen molar-refractivity contribution in [2.75, 3.05) is 48.3 Å². The van der Waals surface area contributed by atoms with Gasteiger partial charge in [-0.1, -0.05) is 41.6 Å². The minimum atomic E-state index is 0.311. The van der Waals surface area contributed by atoms with Crippen molar-refractivity contribution in [3.05, 3.63) is 60.2 Å². The molecule has 2 aromatic carbocycles. The largest absolute Gasteiger partial charge is 0.492 e. The van der Waals surface area contributed by atoms with Crippen LogP contribution in [0.5, 0.6) is 5.75 Å². The molecule has 4 rings (SSSR count). The summed E-state index contributed by atoms with van der Waals surface area (Å²) in [7, 11) is 0. The zero-order valence-electron chi connectivity index (χ0n) is 17.4. The van der Waals surface area contributed by atoms with Gasteiger partial charge in [0.05, 0.1) is 12.3 Å². The van der Waals surface area contributed by atoms with E-state index >= 15 is 0 Å². The van der Waals surface area contributed by atoms with Crippen LogP contribution in [0, 0.1) is 6.92 Å². The minimum Gasteiger partial charge on any atom is -0.492 e. The number of aryl methyl sites for hydroxylation is 1. The van der Waals surface area contributed by atoms with Crippen LogP contribution in [0.1, 0.15) is 12.5 Å². The van der Waals surface area contributed by atoms with Crippen LogP contribution in [-0.4, -0.2) is 42.8 Å². The Morgan fingerprint density at radius 1 is 0.967 bits per heavy atom. The van der Waals surface area contributed by atoms with Crippen LogP contribution in [0.4, 0.5) is 17.5 Å². The Morgan fingerprint density at radius 3 is 2.40 bits per heavy atom. The number of anilines is 3. The molecule has 30 heavy (non-hydrogen) atoms. The van der Waals surface area contributed by atoms with Crippen molar-refractivity contribution in [1.82, 2.24) is 9.97 Å². The molecule has 2 N–H and O–H groups in total. The fourth-order valence-electron chi connectivity index (χ4n) is 3.54. The van der Waals surface area contributed by atoms with Crippen molar-refractivity contribution >= 4 is 29.2 Å². The van der Waals surface area contributed by atoms with Crippen molar-refractivity contribution in [3.63, 3.8) is 0 Å². The van der Waals surface area contributed by atoms with E-state index in [1.165, 1.54) is 5.56 Å². The molecule has 3 aromatic rings. The van der Waals surface area contributed by atoms with E-state index in [0.29, 0.717) is 12.6 Å². The summed E-state index contributed by atoms with van der Waals surface area (Å²) in [5, 5.41) is 0.866. The molecule has 1 saturated heterocycles. The molecule has 0 saturated carbocycles. The number of aromatic nitrogens is 2. The third-order valence-corrected chi connectivity index (χ3v) is 5.99. The van der Waals surface area contributed by atoms with Crippen LogP contribution in [0.3, 0.4) is 0 Å². The van der Waals surface area contributed by atoms with Crippen LogP contribution < -0.4 is 20.3 Å². The SMILES string of the molecule is CCOc1ccccc1N1CCN(c2cc(Sc3ccc(C)cc3)nc(N)n2)CC1. The molecule has 1 fully saturated rings. The molecule has 0 bridgehead atoms. The monoisotopic (exact) mass is 421 g/mol. The highest BCUT2D eigenvalue weighted by Gasteiger charge is 2.21. The Labute approximate surface area is 182 Å². The molecular formula is C23H27N5OS. The summed E-state index contributed by atoms with van der Waals surface area (Å²) in [6, 6.07) is 18.7. The third-order valence-electron chi connectivity index (χ3n) is 5.06. The Morgan fingerprint density at radius 2 is 1.67 bits per heavy atom. The summed E-state index contributed by atoms with van der Waals surface area (Å²) in [5.74, 6) is 2.14. The zero-order chi connectivity index (χ0) is 20.9. The highest BCUT2D eigenvalue weighted by atomic mass is 32.2. The lowest BCUT2D eigenvalue weighted by Gasteiger charge is -2.37. The van der Waals surface area contributed by atoms with Crippen LogP contribution in [0.2, 0.25) is 0 Å². The highest BCUT2D eigenvalue weighted by Crippen LogP contribution is 2.31. The molecule has 0 unspecified atom stereocenters. The number of piperazine rings is 1. The van der Waals surface area contributed by atoms with E-state index in [2.05, 4.69) is 63.1 Å². The first kappa shape index (κ1) is 20.3. The summed E-state index contributed by atoms with van der Waals surface area (Å²) < 4.78 is 5.80. The molecule has 1 aliphatic rings. The van der Waals surface area contributed by atoms with Gasteiger partial charge in [-0.15, -0.1) is 0 Å². The Bertz CT molecular complexity index is 987. The van der Waals surface area contributed by atoms with Crippen LogP contribution in [0.25, 0.3) is 0 Å². The molecule has 2 heterocycles. The number of rotatable bonds is 6. The van der Waals surface area contributed by atoms with Gasteiger partial charge in [0.15, 0.2) is 0 Å². The predicted octanol–water partition coefficient (Wildman–Crippen LogP) is 4.24. The smallest absolute Gasteiger partial charge is 0.223 e. The van der Waals surface area contributed by atoms with Crippen molar-refractivity contribution in [2.24, 2.45) is 0 Å². The number of hydrogen-bond acceptors (Lipinski definition) is 7. The highest BCUT2D eigenvalue weighted by molar-refractivity contribution is 7.99. The molecule has 6 nitrogen and oxygen atoms in total. The molecule has 0 radical (unpaired) electrons. The van der Waals surface area contributed by atoms with Crippen molar-refractivity contribution in [3.8, 4) is 5.75 Å². The van der Waals surface area contributed by atoms with Gasteiger partial charge in [0.2, 0.25) is 5.95 Å². The lowest BCUT2D eigenvalue weighted by molar-refractivity contribution is 0.340. The first-order valence-electron chi connectivity index (χ1n) is 10.2. The van der Waals surface area contributed by atoms with E-state index < -0.39 is 0 Å². The van der Waals surface area contributed by atoms with Crippen molar-refractivity contribution < 1.29 is 4.74 Å². The molecule has 1 aliphatic heterocycles. The van der Waals surface area contributed by atoms with Gasteiger partial charge in [0, 0.05) is 37.1 Å². The van der Waals surface area contributed by atoms with E-state index in [1.807, 2.05) is 25.1 Å². The Balaban J connectivity index is 1.46. The quantitative estimate of drug-likeness (QED) is 0.597. The minimum absolute atomic E-state index is 0.311. The number of para-hydroxylation sites is 2. The summed E-state index contributed by atoms with van der Waals surface area (Å²) in [4.78, 5) is 14.7. The number of benzene rings is 2. The third kappa shape index (κ3) is 4.79. The molecule has 0 atom stereocenters. The number of ether oxygens (including phenoxy) is 1. The summed E-state index contributed by atoms with van der Waals surface area (Å²) in [6.45, 7) is 8.29. The number of nitrogens with zero attached hydrogens (tertiary/aromatic N) is 4. The van der Waals surface area contributed by atoms with Gasteiger partial charge in [0.25, 0.3) is 0 Å². The summed E-state index contributed by atoms with van der Waals surface area (Å²) in [5.41, 5.74) is 8.42. The average molecular weight is 422 g/mol. The Hall–Kier alpha value is -2.93. The normalized spacial score (nSPS) is 14.1. The van der Waals surface area contributed by atoms with Crippen molar-refractivity contribution in [1.29, 1.82) is 0 Å². The topological polar surface area (TPSA) is 67.5 Å². The zero-order valence-corrected chi connectivity index (χ0v) is 18.2. The first-order valence-corrected chi connectivity index (χ1v) is 11.0. The second-order valence-electron chi connectivity index (χ2n) is 7.21. The first-order chi connectivity index (χ1) is 14.6. The number of hydrogen-bond donors (Lipinski definition) is 1. The number of nitrogen functional groups attached to an aromatic ring is 1. The fourth-order valence-corrected chi connectivity index (χ4v) is 4.36. The van der Waals surface area contributed by atoms with Gasteiger partial charge in [-0.25, -0.2) is 4.98 Å². The van der Waals surface area contributed by atoms with Crippen LogP contribution >= 0.6 is 11.8 Å². The standard InChI is InChI=1S/C23H27N5OS/c1-3-29-20-7-5-4-6-19(20)27-12-14-28(15-13-27)21-16-22(26-23(24)25-21)30-18-10-8-17(2)9-11-18/h4-11,16H,3,12-15H2,1-2H3,(H2,24,25,26). The van der Waals surface area contributed by atoms with E-state index in [-0.39, 0.29) is 0 Å². The maximum absolute atomic E-state index is 6.03. The van der Waals surface area contributed by atoms with Crippen LogP contribution in [-0.2, 0) is 0 Å². The van der Waals surface area contributed by atoms with E-state index in [9.17, 15) is 0 Å². The van der Waals surface area contributed by atoms with Gasteiger partial charge in [-0.2, -0.15) is 4.98 Å². The molecule has 156 valence electrons. The van der Waals surface area contributed by atoms with Gasteiger partial charge in [-0.05, 0) is 38.1 Å². The second kappa shape index (κ2) is 9.26. The molecule has 1 aromatic heterocycles. The molecular weight excluding hydrogens is 394 g/mol. The molecule has 0 amide bonds. The second-order valence-corrected chi connectivity index (χ2v) is 8.31. The lowest BCUT2D eigenvalue weighted by Crippen LogP contribution is -2.47. The Kier molecular flexibility index (Phi) is 6.28. The van der Waals surface area contributed by atoms with Gasteiger partial charge >= 0.3 is 0 Å². The fraction of sp³-hybridized carbons (Fsp3) is 0.304. The predicted molar refractivity (Wildman–Crippen MR) is 124 cm³/mol. The number of nitrogens with two attached hydrogens (primary N) is 1. The van der Waals surface area contributed by atoms with E-state index in [4.69, 9.17) is 10.5 Å². The van der Waals surface area contributed by atoms with Crippen LogP contribution in [0.15, 0.2) is 64.5 Å². The molecule has 7 heteroatoms. The average Bonchev–Trinajstić information content (AvgIpc) is 2.76. The van der Waals surface area contributed by atoms with E-state index in [0.717, 1.165) is 53.4 Å². The lowest BCUT2D eigenvalue weighted by atomic mass is 10.2. The maximum Gasteiger partial charge on any atom is 0.223 e. The molecule has 0 spiro atoms. The van der Waals surface area contributed by atoms with Gasteiger partial charge in [0.1, 0.15) is 16.6 Å². The van der Waals surface area contributed by atoms with Gasteiger partial charge in [-0.3, -0.25) is 0 Å². The van der Waals surface area contributed by atoms with E-state index in [1.54, 1.807) is 11.8 Å². The van der Waals surface area contributed by atoms with Crippen molar-refractivity contribution in [2.45, 2.75) is 23.8 Å². The van der Waals surface area contributed by atoms with Gasteiger partial charge < -0.3 is 20.3 Å². The molecule has 0 aliphatic carbocycles. The summed E-state index contributed by atoms with van der Waals surface area (Å²) in [6.07, 6.45) is 0.